The van der Waals surface area contributed by atoms with Gasteiger partial charge in [0.2, 0.25) is 5.82 Å². The summed E-state index contributed by atoms with van der Waals surface area (Å²) in [6, 6.07) is 0. The van der Waals surface area contributed by atoms with Crippen molar-refractivity contribution < 1.29 is 9.66 Å². The van der Waals surface area contributed by atoms with E-state index < -0.39 is 4.92 Å². The fourth-order valence-electron chi connectivity index (χ4n) is 1.57. The molecule has 0 radical (unpaired) electrons. The largest absolute Gasteiger partial charge is 0.472 e. The highest BCUT2D eigenvalue weighted by molar-refractivity contribution is 7.12. The second kappa shape index (κ2) is 5.58. The van der Waals surface area contributed by atoms with Gasteiger partial charge in [0, 0.05) is 0 Å². The maximum atomic E-state index is 10.7. The van der Waals surface area contributed by atoms with Crippen molar-refractivity contribution >= 4 is 28.8 Å². The van der Waals surface area contributed by atoms with E-state index in [1.807, 2.05) is 12.3 Å². The molecule has 8 heteroatoms. The maximum Gasteiger partial charge on any atom is 0.342 e. The number of nitrogens with zero attached hydrogens (tertiary/aromatic N) is 3. The summed E-state index contributed by atoms with van der Waals surface area (Å²) < 4.78 is 6.95. The van der Waals surface area contributed by atoms with Gasteiger partial charge in [-0.15, -0.1) is 11.3 Å². The molecule has 2 aromatic heterocycles. The summed E-state index contributed by atoms with van der Waals surface area (Å²) in [5.74, 6) is 0.416. The molecule has 0 atom stereocenters. The summed E-state index contributed by atoms with van der Waals surface area (Å²) in [6.07, 6.45) is 2.05. The molecule has 0 aliphatic heterocycles. The number of thiophene rings is 1. The first kappa shape index (κ1) is 13.8. The lowest BCUT2D eigenvalue weighted by Gasteiger charge is -2.02. The third-order valence-electron chi connectivity index (χ3n) is 2.73. The molecule has 0 saturated heterocycles. The molecule has 2 heterocycles. The van der Waals surface area contributed by atoms with E-state index in [0.29, 0.717) is 15.9 Å². The molecule has 0 aromatic carbocycles. The van der Waals surface area contributed by atoms with Gasteiger partial charge in [-0.2, -0.15) is 0 Å². The van der Waals surface area contributed by atoms with Crippen LogP contribution in [-0.2, 0) is 20.1 Å². The number of aryl methyl sites for hydroxylation is 1. The zero-order chi connectivity index (χ0) is 14.0. The Morgan fingerprint density at radius 1 is 1.63 bits per heavy atom. The van der Waals surface area contributed by atoms with Crippen LogP contribution in [0.3, 0.4) is 0 Å². The number of nitro groups is 1. The first-order valence-corrected chi connectivity index (χ1v) is 6.84. The third-order valence-corrected chi connectivity index (χ3v) is 4.19. The van der Waals surface area contributed by atoms with Gasteiger partial charge in [-0.3, -0.25) is 0 Å². The molecule has 0 bridgehead atoms. The highest BCUT2D eigenvalue weighted by Gasteiger charge is 2.18. The first-order valence-electron chi connectivity index (χ1n) is 5.58. The molecule has 19 heavy (non-hydrogen) atoms. The Labute approximate surface area is 118 Å². The Morgan fingerprint density at radius 3 is 2.89 bits per heavy atom. The molecule has 102 valence electrons. The number of halogens is 1. The van der Waals surface area contributed by atoms with Crippen LogP contribution < -0.4 is 4.74 Å². The first-order chi connectivity index (χ1) is 9.04. The van der Waals surface area contributed by atoms with E-state index in [1.54, 1.807) is 7.05 Å². The highest BCUT2D eigenvalue weighted by Crippen LogP contribution is 2.36. The second-order valence-electron chi connectivity index (χ2n) is 3.85. The van der Waals surface area contributed by atoms with Gasteiger partial charge >= 0.3 is 5.82 Å². The van der Waals surface area contributed by atoms with Crippen molar-refractivity contribution in [3.63, 3.8) is 0 Å². The van der Waals surface area contributed by atoms with Crippen LogP contribution in [0.25, 0.3) is 0 Å². The third kappa shape index (κ3) is 2.71. The van der Waals surface area contributed by atoms with Crippen LogP contribution in [0.15, 0.2) is 11.6 Å². The molecule has 6 nitrogen and oxygen atoms in total. The van der Waals surface area contributed by atoms with Gasteiger partial charge in [-0.25, -0.2) is 9.55 Å². The van der Waals surface area contributed by atoms with Gasteiger partial charge in [0.05, 0.1) is 12.1 Å². The van der Waals surface area contributed by atoms with Crippen molar-refractivity contribution in [1.29, 1.82) is 0 Å². The normalized spacial score (nSPS) is 10.7. The number of hydrogen-bond acceptors (Lipinski definition) is 5. The van der Waals surface area contributed by atoms with Gasteiger partial charge in [-0.1, -0.05) is 18.5 Å². The predicted molar refractivity (Wildman–Crippen MR) is 72.9 cm³/mol. The molecular weight excluding hydrogens is 290 g/mol. The molecule has 2 aromatic rings. The number of hydrogen-bond donors (Lipinski definition) is 0. The number of aromatic nitrogens is 2. The lowest BCUT2D eigenvalue weighted by Crippen LogP contribution is -2.05. The standard InChI is InChI=1S/C11H12ClN3O3S/c1-3-7-6-19-11(10(7)12)18-5-8-13-4-9(14(8)2)15(16)17/h4,6H,3,5H2,1-2H3. The van der Waals surface area contributed by atoms with Crippen LogP contribution in [0.5, 0.6) is 5.06 Å². The van der Waals surface area contributed by atoms with Crippen LogP contribution in [0.4, 0.5) is 5.82 Å². The molecule has 0 unspecified atom stereocenters. The van der Waals surface area contributed by atoms with Crippen LogP contribution in [0.2, 0.25) is 5.02 Å². The Balaban J connectivity index is 2.10. The van der Waals surface area contributed by atoms with Crippen molar-refractivity contribution in [1.82, 2.24) is 9.55 Å². The van der Waals surface area contributed by atoms with Crippen LogP contribution in [-0.4, -0.2) is 14.5 Å². The Bertz CT molecular complexity index is 608. The molecule has 0 amide bonds. The van der Waals surface area contributed by atoms with Gasteiger partial charge in [0.1, 0.15) is 6.20 Å². The molecule has 2 rings (SSSR count). The molecule has 0 aliphatic carbocycles. The van der Waals surface area contributed by atoms with E-state index in [9.17, 15) is 10.1 Å². The summed E-state index contributed by atoms with van der Waals surface area (Å²) in [6.45, 7) is 2.16. The number of rotatable bonds is 5. The van der Waals surface area contributed by atoms with Crippen LogP contribution >= 0.6 is 22.9 Å². The van der Waals surface area contributed by atoms with E-state index in [4.69, 9.17) is 16.3 Å². The molecular formula is C11H12ClN3O3S. The van der Waals surface area contributed by atoms with Crippen LogP contribution in [0, 0.1) is 10.1 Å². The van der Waals surface area contributed by atoms with E-state index in [0.717, 1.165) is 12.0 Å². The van der Waals surface area contributed by atoms with Gasteiger partial charge in [-0.05, 0) is 22.3 Å². The average molecular weight is 302 g/mol. The average Bonchev–Trinajstić information content (AvgIpc) is 2.91. The van der Waals surface area contributed by atoms with Gasteiger partial charge in [0.25, 0.3) is 0 Å². The Hall–Kier alpha value is -1.60. The SMILES string of the molecule is CCc1csc(OCc2ncc([N+](=O)[O-])n2C)c1Cl. The Kier molecular flexibility index (Phi) is 4.06. The minimum atomic E-state index is -0.482. The van der Waals surface area contributed by atoms with Crippen LogP contribution in [0.1, 0.15) is 18.3 Å². The minimum Gasteiger partial charge on any atom is -0.472 e. The van der Waals surface area contributed by atoms with E-state index in [-0.39, 0.29) is 12.4 Å². The summed E-state index contributed by atoms with van der Waals surface area (Å²) in [4.78, 5) is 14.2. The fourth-order valence-corrected chi connectivity index (χ4v) is 2.90. The second-order valence-corrected chi connectivity index (χ2v) is 5.07. The molecule has 0 spiro atoms. The smallest absolute Gasteiger partial charge is 0.342 e. The van der Waals surface area contributed by atoms with E-state index >= 15 is 0 Å². The number of imidazole rings is 1. The zero-order valence-corrected chi connectivity index (χ0v) is 12.0. The van der Waals surface area contributed by atoms with Crippen molar-refractivity contribution in [2.75, 3.05) is 0 Å². The summed E-state index contributed by atoms with van der Waals surface area (Å²) >= 11 is 7.55. The lowest BCUT2D eigenvalue weighted by molar-refractivity contribution is -0.391. The predicted octanol–water partition coefficient (Wildman–Crippen LogP) is 3.18. The highest BCUT2D eigenvalue weighted by atomic mass is 35.5. The fraction of sp³-hybridized carbons (Fsp3) is 0.364. The molecule has 0 fully saturated rings. The molecule has 0 saturated carbocycles. The quantitative estimate of drug-likeness (QED) is 0.628. The Morgan fingerprint density at radius 2 is 2.37 bits per heavy atom. The minimum absolute atomic E-state index is 0.0647. The molecule has 0 aliphatic rings. The maximum absolute atomic E-state index is 10.7. The van der Waals surface area contributed by atoms with Crippen molar-refractivity contribution in [2.45, 2.75) is 20.0 Å². The zero-order valence-electron chi connectivity index (χ0n) is 10.4. The number of ether oxygens (including phenoxy) is 1. The lowest BCUT2D eigenvalue weighted by atomic mass is 10.3. The van der Waals surface area contributed by atoms with Gasteiger partial charge < -0.3 is 14.9 Å². The van der Waals surface area contributed by atoms with E-state index in [2.05, 4.69) is 4.98 Å². The van der Waals surface area contributed by atoms with Crippen molar-refractivity contribution in [3.8, 4) is 5.06 Å². The van der Waals surface area contributed by atoms with Gasteiger partial charge in [0.15, 0.2) is 11.7 Å². The van der Waals surface area contributed by atoms with E-state index in [1.165, 1.54) is 22.1 Å². The topological polar surface area (TPSA) is 70.2 Å². The summed E-state index contributed by atoms with van der Waals surface area (Å²) in [5.41, 5.74) is 1.03. The van der Waals surface area contributed by atoms with Crippen molar-refractivity contribution in [3.05, 3.63) is 38.1 Å². The van der Waals surface area contributed by atoms with Crippen molar-refractivity contribution in [2.24, 2.45) is 7.05 Å². The summed E-state index contributed by atoms with van der Waals surface area (Å²) in [7, 11) is 1.58. The summed E-state index contributed by atoms with van der Waals surface area (Å²) in [5, 5.41) is 13.9. The molecule has 0 N–H and O–H groups in total. The monoisotopic (exact) mass is 301 g/mol.